The standard InChI is InChI=1S/C17H27NO/c1-4-18-16(17(2)11-6-5-7-12-17)14-9-8-10-15(13-14)19-3/h8-10,13,16,18H,4-7,11-12H2,1-3H3. The fourth-order valence-electron chi connectivity index (χ4n) is 3.44. The fraction of sp³-hybridized carbons (Fsp3) is 0.647. The van der Waals surface area contributed by atoms with E-state index in [1.807, 2.05) is 6.07 Å². The lowest BCUT2D eigenvalue weighted by Gasteiger charge is -2.41. The molecule has 2 rings (SSSR count). The van der Waals surface area contributed by atoms with E-state index in [9.17, 15) is 0 Å². The van der Waals surface area contributed by atoms with Gasteiger partial charge < -0.3 is 10.1 Å². The Hall–Kier alpha value is -1.02. The molecular formula is C17H27NO. The maximum atomic E-state index is 5.38. The second-order valence-corrected chi connectivity index (χ2v) is 5.98. The summed E-state index contributed by atoms with van der Waals surface area (Å²) in [5.74, 6) is 0.958. The van der Waals surface area contributed by atoms with Crippen LogP contribution in [0.2, 0.25) is 0 Å². The topological polar surface area (TPSA) is 21.3 Å². The van der Waals surface area contributed by atoms with Gasteiger partial charge in [0.25, 0.3) is 0 Å². The molecule has 1 atom stereocenters. The molecule has 1 aromatic carbocycles. The minimum Gasteiger partial charge on any atom is -0.497 e. The fourth-order valence-corrected chi connectivity index (χ4v) is 3.44. The first-order chi connectivity index (χ1) is 9.19. The van der Waals surface area contributed by atoms with Crippen molar-refractivity contribution in [2.75, 3.05) is 13.7 Å². The van der Waals surface area contributed by atoms with E-state index in [0.29, 0.717) is 11.5 Å². The summed E-state index contributed by atoms with van der Waals surface area (Å²) in [5, 5.41) is 3.70. The van der Waals surface area contributed by atoms with E-state index in [0.717, 1.165) is 12.3 Å². The molecule has 1 unspecified atom stereocenters. The zero-order chi connectivity index (χ0) is 13.7. The van der Waals surface area contributed by atoms with Gasteiger partial charge in [-0.05, 0) is 42.5 Å². The predicted molar refractivity (Wildman–Crippen MR) is 80.6 cm³/mol. The Kier molecular flexibility index (Phi) is 4.87. The van der Waals surface area contributed by atoms with Gasteiger partial charge in [0.05, 0.1) is 7.11 Å². The first-order valence-electron chi connectivity index (χ1n) is 7.57. The molecule has 2 nitrogen and oxygen atoms in total. The van der Waals surface area contributed by atoms with Gasteiger partial charge >= 0.3 is 0 Å². The minimum absolute atomic E-state index is 0.376. The molecule has 0 saturated heterocycles. The molecular weight excluding hydrogens is 234 g/mol. The van der Waals surface area contributed by atoms with Crippen LogP contribution >= 0.6 is 0 Å². The molecule has 1 aliphatic carbocycles. The lowest BCUT2D eigenvalue weighted by Crippen LogP contribution is -2.37. The lowest BCUT2D eigenvalue weighted by atomic mass is 9.68. The van der Waals surface area contributed by atoms with Gasteiger partial charge in [-0.2, -0.15) is 0 Å². The van der Waals surface area contributed by atoms with Crippen molar-refractivity contribution in [2.45, 2.75) is 52.0 Å². The van der Waals surface area contributed by atoms with E-state index >= 15 is 0 Å². The molecule has 0 amide bonds. The summed E-state index contributed by atoms with van der Waals surface area (Å²) in [6, 6.07) is 8.98. The average molecular weight is 261 g/mol. The van der Waals surface area contributed by atoms with Crippen LogP contribution in [0, 0.1) is 5.41 Å². The summed E-state index contributed by atoms with van der Waals surface area (Å²) < 4.78 is 5.38. The molecule has 0 radical (unpaired) electrons. The smallest absolute Gasteiger partial charge is 0.119 e. The van der Waals surface area contributed by atoms with Crippen LogP contribution in [-0.2, 0) is 0 Å². The summed E-state index contributed by atoms with van der Waals surface area (Å²) in [4.78, 5) is 0. The maximum absolute atomic E-state index is 5.38. The molecule has 0 aliphatic heterocycles. The molecule has 19 heavy (non-hydrogen) atoms. The maximum Gasteiger partial charge on any atom is 0.119 e. The van der Waals surface area contributed by atoms with Gasteiger partial charge in [-0.3, -0.25) is 0 Å². The molecule has 1 N–H and O–H groups in total. The van der Waals surface area contributed by atoms with Gasteiger partial charge in [0.1, 0.15) is 5.75 Å². The Morgan fingerprint density at radius 1 is 1.26 bits per heavy atom. The monoisotopic (exact) mass is 261 g/mol. The molecule has 2 heteroatoms. The van der Waals surface area contributed by atoms with Crippen molar-refractivity contribution in [1.29, 1.82) is 0 Å². The van der Waals surface area contributed by atoms with Gasteiger partial charge in [-0.15, -0.1) is 0 Å². The van der Waals surface area contributed by atoms with Crippen LogP contribution < -0.4 is 10.1 Å². The second kappa shape index (κ2) is 6.42. The summed E-state index contributed by atoms with van der Waals surface area (Å²) in [7, 11) is 1.74. The first-order valence-corrected chi connectivity index (χ1v) is 7.57. The Morgan fingerprint density at radius 3 is 2.63 bits per heavy atom. The van der Waals surface area contributed by atoms with Crippen molar-refractivity contribution < 1.29 is 4.74 Å². The van der Waals surface area contributed by atoms with E-state index in [2.05, 4.69) is 37.4 Å². The van der Waals surface area contributed by atoms with E-state index in [4.69, 9.17) is 4.74 Å². The normalized spacial score (nSPS) is 19.9. The van der Waals surface area contributed by atoms with Crippen LogP contribution in [0.25, 0.3) is 0 Å². The van der Waals surface area contributed by atoms with Crippen LogP contribution in [0.3, 0.4) is 0 Å². The van der Waals surface area contributed by atoms with Crippen LogP contribution in [0.5, 0.6) is 5.75 Å². The Bertz CT molecular complexity index is 396. The van der Waals surface area contributed by atoms with Gasteiger partial charge in [0, 0.05) is 6.04 Å². The predicted octanol–water partition coefficient (Wildman–Crippen LogP) is 4.32. The molecule has 0 bridgehead atoms. The van der Waals surface area contributed by atoms with Gasteiger partial charge in [-0.25, -0.2) is 0 Å². The van der Waals surface area contributed by atoms with Crippen LogP contribution in [0.4, 0.5) is 0 Å². The van der Waals surface area contributed by atoms with Crippen molar-refractivity contribution >= 4 is 0 Å². The number of benzene rings is 1. The third kappa shape index (κ3) is 3.30. The van der Waals surface area contributed by atoms with Gasteiger partial charge in [-0.1, -0.05) is 45.2 Å². The van der Waals surface area contributed by atoms with Crippen molar-refractivity contribution in [3.63, 3.8) is 0 Å². The molecule has 1 fully saturated rings. The molecule has 0 spiro atoms. The third-order valence-corrected chi connectivity index (χ3v) is 4.53. The number of ether oxygens (including phenoxy) is 1. The average Bonchev–Trinajstić information content (AvgIpc) is 2.45. The minimum atomic E-state index is 0.376. The highest BCUT2D eigenvalue weighted by atomic mass is 16.5. The highest BCUT2D eigenvalue weighted by Crippen LogP contribution is 2.45. The number of hydrogen-bond acceptors (Lipinski definition) is 2. The van der Waals surface area contributed by atoms with E-state index in [1.165, 1.54) is 37.7 Å². The number of hydrogen-bond donors (Lipinski definition) is 1. The van der Waals surface area contributed by atoms with E-state index in [1.54, 1.807) is 7.11 Å². The molecule has 106 valence electrons. The molecule has 1 saturated carbocycles. The number of rotatable bonds is 5. The highest BCUT2D eigenvalue weighted by Gasteiger charge is 2.35. The largest absolute Gasteiger partial charge is 0.497 e. The first kappa shape index (κ1) is 14.4. The molecule has 0 heterocycles. The SMILES string of the molecule is CCNC(c1cccc(OC)c1)C1(C)CCCCC1. The molecule has 1 aromatic rings. The third-order valence-electron chi connectivity index (χ3n) is 4.53. The van der Waals surface area contributed by atoms with E-state index in [-0.39, 0.29) is 0 Å². The Labute approximate surface area is 117 Å². The van der Waals surface area contributed by atoms with Crippen molar-refractivity contribution in [3.05, 3.63) is 29.8 Å². The zero-order valence-corrected chi connectivity index (χ0v) is 12.5. The number of nitrogens with one attached hydrogen (secondary N) is 1. The van der Waals surface area contributed by atoms with Crippen molar-refractivity contribution in [3.8, 4) is 5.75 Å². The zero-order valence-electron chi connectivity index (χ0n) is 12.5. The van der Waals surface area contributed by atoms with Crippen molar-refractivity contribution in [1.82, 2.24) is 5.32 Å². The quantitative estimate of drug-likeness (QED) is 0.852. The van der Waals surface area contributed by atoms with Crippen LogP contribution in [-0.4, -0.2) is 13.7 Å². The van der Waals surface area contributed by atoms with E-state index < -0.39 is 0 Å². The van der Waals surface area contributed by atoms with Crippen molar-refractivity contribution in [2.24, 2.45) is 5.41 Å². The lowest BCUT2D eigenvalue weighted by molar-refractivity contribution is 0.146. The Morgan fingerprint density at radius 2 is 2.00 bits per heavy atom. The summed E-state index contributed by atoms with van der Waals surface area (Å²) in [5.41, 5.74) is 1.74. The van der Waals surface area contributed by atoms with Crippen LogP contribution in [0.1, 0.15) is 57.6 Å². The molecule has 0 aromatic heterocycles. The molecule has 1 aliphatic rings. The summed E-state index contributed by atoms with van der Waals surface area (Å²) in [6.07, 6.45) is 6.76. The second-order valence-electron chi connectivity index (χ2n) is 5.98. The summed E-state index contributed by atoms with van der Waals surface area (Å²) in [6.45, 7) is 5.65. The highest BCUT2D eigenvalue weighted by molar-refractivity contribution is 5.31. The van der Waals surface area contributed by atoms with Crippen LogP contribution in [0.15, 0.2) is 24.3 Å². The van der Waals surface area contributed by atoms with Gasteiger partial charge in [0.15, 0.2) is 0 Å². The number of methoxy groups -OCH3 is 1. The van der Waals surface area contributed by atoms with Gasteiger partial charge in [0.2, 0.25) is 0 Å². The summed E-state index contributed by atoms with van der Waals surface area (Å²) >= 11 is 0. The Balaban J connectivity index is 2.27.